The highest BCUT2D eigenvalue weighted by Gasteiger charge is 2.27. The highest BCUT2D eigenvalue weighted by molar-refractivity contribution is 5.95. The van der Waals surface area contributed by atoms with Gasteiger partial charge in [-0.15, -0.1) is 0 Å². The number of piperidine rings is 1. The highest BCUT2D eigenvalue weighted by Crippen LogP contribution is 2.17. The van der Waals surface area contributed by atoms with Gasteiger partial charge in [0.05, 0.1) is 6.20 Å². The minimum atomic E-state index is -0.585. The molecule has 5 nitrogen and oxygen atoms in total. The SMILES string of the molecule is CC(NC(=O)C=Cc1cncc(F)c1)C(=O)N1CCCCC1C. The van der Waals surface area contributed by atoms with E-state index in [2.05, 4.69) is 10.3 Å². The average molecular weight is 319 g/mol. The van der Waals surface area contributed by atoms with Crippen LogP contribution in [0.4, 0.5) is 4.39 Å². The lowest BCUT2D eigenvalue weighted by molar-refractivity contribution is -0.138. The van der Waals surface area contributed by atoms with Gasteiger partial charge in [-0.05, 0) is 50.8 Å². The van der Waals surface area contributed by atoms with Gasteiger partial charge in [-0.25, -0.2) is 4.39 Å². The summed E-state index contributed by atoms with van der Waals surface area (Å²) in [7, 11) is 0. The highest BCUT2D eigenvalue weighted by atomic mass is 19.1. The standard InChI is InChI=1S/C17H22FN3O2/c1-12-5-3-4-8-21(12)17(23)13(2)20-16(22)7-6-14-9-15(18)11-19-10-14/h6-7,9-13H,3-5,8H2,1-2H3,(H,20,22). The van der Waals surface area contributed by atoms with Gasteiger partial charge in [-0.2, -0.15) is 0 Å². The number of hydrogen-bond acceptors (Lipinski definition) is 3. The Bertz CT molecular complexity index is 603. The van der Waals surface area contributed by atoms with Crippen LogP contribution in [0.5, 0.6) is 0 Å². The predicted molar refractivity (Wildman–Crippen MR) is 85.9 cm³/mol. The molecule has 2 amide bonds. The van der Waals surface area contributed by atoms with Crippen LogP contribution >= 0.6 is 0 Å². The van der Waals surface area contributed by atoms with Crippen LogP contribution in [-0.2, 0) is 9.59 Å². The van der Waals surface area contributed by atoms with Crippen LogP contribution in [0, 0.1) is 5.82 Å². The zero-order valence-corrected chi connectivity index (χ0v) is 13.5. The van der Waals surface area contributed by atoms with E-state index < -0.39 is 11.9 Å². The molecule has 2 heterocycles. The third kappa shape index (κ3) is 4.87. The minimum Gasteiger partial charge on any atom is -0.341 e. The maximum Gasteiger partial charge on any atom is 0.245 e. The smallest absolute Gasteiger partial charge is 0.245 e. The van der Waals surface area contributed by atoms with Crippen molar-refractivity contribution in [1.29, 1.82) is 0 Å². The molecule has 2 atom stereocenters. The largest absolute Gasteiger partial charge is 0.341 e. The van der Waals surface area contributed by atoms with Gasteiger partial charge in [-0.3, -0.25) is 14.6 Å². The summed E-state index contributed by atoms with van der Waals surface area (Å²) in [6.45, 7) is 4.45. The van der Waals surface area contributed by atoms with Crippen LogP contribution in [0.3, 0.4) is 0 Å². The molecule has 0 aromatic carbocycles. The zero-order valence-electron chi connectivity index (χ0n) is 13.5. The average Bonchev–Trinajstić information content (AvgIpc) is 2.53. The molecule has 2 rings (SSSR count). The molecule has 1 fully saturated rings. The van der Waals surface area contributed by atoms with Gasteiger partial charge in [-0.1, -0.05) is 0 Å². The number of nitrogens with zero attached hydrogens (tertiary/aromatic N) is 2. The number of pyridine rings is 1. The van der Waals surface area contributed by atoms with Gasteiger partial charge in [0.2, 0.25) is 11.8 Å². The molecule has 0 saturated carbocycles. The number of hydrogen-bond donors (Lipinski definition) is 1. The maximum atomic E-state index is 13.0. The normalized spacial score (nSPS) is 19.6. The summed E-state index contributed by atoms with van der Waals surface area (Å²) in [5, 5.41) is 2.65. The van der Waals surface area contributed by atoms with Crippen LogP contribution in [-0.4, -0.2) is 40.3 Å². The van der Waals surface area contributed by atoms with Crippen molar-refractivity contribution in [3.8, 4) is 0 Å². The van der Waals surface area contributed by atoms with Crippen molar-refractivity contribution in [3.05, 3.63) is 35.9 Å². The third-order valence-corrected chi connectivity index (χ3v) is 3.97. The third-order valence-electron chi connectivity index (χ3n) is 3.97. The Hall–Kier alpha value is -2.24. The summed E-state index contributed by atoms with van der Waals surface area (Å²) in [4.78, 5) is 29.8. The number of rotatable bonds is 4. The van der Waals surface area contributed by atoms with Gasteiger partial charge in [0.25, 0.3) is 0 Å². The summed E-state index contributed by atoms with van der Waals surface area (Å²) in [6, 6.07) is 0.906. The van der Waals surface area contributed by atoms with Crippen molar-refractivity contribution in [2.45, 2.75) is 45.2 Å². The van der Waals surface area contributed by atoms with E-state index in [0.29, 0.717) is 5.56 Å². The fourth-order valence-electron chi connectivity index (χ4n) is 2.69. The summed E-state index contributed by atoms with van der Waals surface area (Å²) >= 11 is 0. The van der Waals surface area contributed by atoms with Crippen molar-refractivity contribution >= 4 is 17.9 Å². The van der Waals surface area contributed by atoms with E-state index >= 15 is 0 Å². The van der Waals surface area contributed by atoms with Crippen LogP contribution < -0.4 is 5.32 Å². The molecular weight excluding hydrogens is 297 g/mol. The Morgan fingerprint density at radius 3 is 2.91 bits per heavy atom. The van der Waals surface area contributed by atoms with Gasteiger partial charge < -0.3 is 10.2 Å². The number of amides is 2. The topological polar surface area (TPSA) is 62.3 Å². The van der Waals surface area contributed by atoms with E-state index in [1.54, 1.807) is 6.92 Å². The molecule has 1 saturated heterocycles. The molecule has 2 unspecified atom stereocenters. The molecule has 1 aromatic heterocycles. The second-order valence-corrected chi connectivity index (χ2v) is 5.88. The van der Waals surface area contributed by atoms with Crippen LogP contribution in [0.1, 0.15) is 38.7 Å². The van der Waals surface area contributed by atoms with E-state index in [-0.39, 0.29) is 17.9 Å². The predicted octanol–water partition coefficient (Wildman–Crippen LogP) is 2.14. The Morgan fingerprint density at radius 1 is 1.43 bits per heavy atom. The Labute approximate surface area is 135 Å². The molecule has 1 aliphatic heterocycles. The Morgan fingerprint density at radius 2 is 2.22 bits per heavy atom. The van der Waals surface area contributed by atoms with Gasteiger partial charge >= 0.3 is 0 Å². The second kappa shape index (κ2) is 7.85. The minimum absolute atomic E-state index is 0.0635. The number of halogens is 1. The molecule has 0 spiro atoms. The molecule has 6 heteroatoms. The summed E-state index contributed by atoms with van der Waals surface area (Å²) in [5.41, 5.74) is 0.490. The van der Waals surface area contributed by atoms with Gasteiger partial charge in [0.1, 0.15) is 11.9 Å². The maximum absolute atomic E-state index is 13.0. The van der Waals surface area contributed by atoms with Crippen molar-refractivity contribution < 1.29 is 14.0 Å². The second-order valence-electron chi connectivity index (χ2n) is 5.88. The molecule has 1 N–H and O–H groups in total. The lowest BCUT2D eigenvalue weighted by atomic mass is 10.0. The number of carbonyl (C=O) groups excluding carboxylic acids is 2. The fraction of sp³-hybridized carbons (Fsp3) is 0.471. The number of carbonyl (C=O) groups is 2. The quantitative estimate of drug-likeness (QED) is 0.865. The van der Waals surface area contributed by atoms with Crippen molar-refractivity contribution in [2.24, 2.45) is 0 Å². The molecular formula is C17H22FN3O2. The van der Waals surface area contributed by atoms with Crippen LogP contribution in [0.25, 0.3) is 6.08 Å². The van der Waals surface area contributed by atoms with Crippen LogP contribution in [0.15, 0.2) is 24.5 Å². The molecule has 0 aliphatic carbocycles. The molecule has 0 bridgehead atoms. The summed E-state index contributed by atoms with van der Waals surface area (Å²) in [5.74, 6) is -0.915. The van der Waals surface area contributed by atoms with Gasteiger partial charge in [0, 0.05) is 24.9 Å². The molecule has 1 aromatic rings. The molecule has 124 valence electrons. The van der Waals surface area contributed by atoms with E-state index in [1.807, 2.05) is 11.8 Å². The lowest BCUT2D eigenvalue weighted by Gasteiger charge is -2.35. The van der Waals surface area contributed by atoms with E-state index in [0.717, 1.165) is 32.0 Å². The van der Waals surface area contributed by atoms with E-state index in [4.69, 9.17) is 0 Å². The zero-order chi connectivity index (χ0) is 16.8. The first-order valence-corrected chi connectivity index (χ1v) is 7.87. The monoisotopic (exact) mass is 319 g/mol. The van der Waals surface area contributed by atoms with E-state index in [1.165, 1.54) is 24.4 Å². The molecule has 23 heavy (non-hydrogen) atoms. The number of likely N-dealkylation sites (tertiary alicyclic amines) is 1. The van der Waals surface area contributed by atoms with Crippen molar-refractivity contribution in [1.82, 2.24) is 15.2 Å². The summed E-state index contributed by atoms with van der Waals surface area (Å²) in [6.07, 6.45) is 8.43. The van der Waals surface area contributed by atoms with Crippen molar-refractivity contribution in [3.63, 3.8) is 0 Å². The number of aromatic nitrogens is 1. The van der Waals surface area contributed by atoms with Gasteiger partial charge in [0.15, 0.2) is 0 Å². The molecule has 1 aliphatic rings. The van der Waals surface area contributed by atoms with Crippen LogP contribution in [0.2, 0.25) is 0 Å². The first kappa shape index (κ1) is 17.1. The Balaban J connectivity index is 1.90. The molecule has 0 radical (unpaired) electrons. The number of nitrogens with one attached hydrogen (secondary N) is 1. The Kier molecular flexibility index (Phi) is 5.84. The summed E-state index contributed by atoms with van der Waals surface area (Å²) < 4.78 is 13.0. The first-order chi connectivity index (χ1) is 11.0. The lowest BCUT2D eigenvalue weighted by Crippen LogP contribution is -2.51. The first-order valence-electron chi connectivity index (χ1n) is 7.87. The van der Waals surface area contributed by atoms with E-state index in [9.17, 15) is 14.0 Å². The van der Waals surface area contributed by atoms with Crippen molar-refractivity contribution in [2.75, 3.05) is 6.54 Å². The fourth-order valence-corrected chi connectivity index (χ4v) is 2.69.